The summed E-state index contributed by atoms with van der Waals surface area (Å²) in [7, 11) is 0. The summed E-state index contributed by atoms with van der Waals surface area (Å²) in [5.41, 5.74) is 15.5. The van der Waals surface area contributed by atoms with Crippen molar-refractivity contribution in [2.24, 2.45) is 0 Å². The zero-order chi connectivity index (χ0) is 41.0. The first-order valence-corrected chi connectivity index (χ1v) is 21.5. The van der Waals surface area contributed by atoms with E-state index >= 15 is 0 Å². The van der Waals surface area contributed by atoms with Gasteiger partial charge in [0.25, 0.3) is 0 Å². The van der Waals surface area contributed by atoms with Crippen molar-refractivity contribution in [3.05, 3.63) is 271 Å². The largest absolute Gasteiger partial charge is 0.309 e. The van der Waals surface area contributed by atoms with Crippen LogP contribution in [0.2, 0.25) is 0 Å². The van der Waals surface area contributed by atoms with Gasteiger partial charge in [0, 0.05) is 16.5 Å². The third-order valence-corrected chi connectivity index (χ3v) is 13.1. The van der Waals surface area contributed by atoms with Crippen molar-refractivity contribution < 1.29 is 0 Å². The fraction of sp³-hybridized carbons (Fsp3) is 0.0164. The predicted octanol–water partition coefficient (Wildman–Crippen LogP) is 16.3. The summed E-state index contributed by atoms with van der Waals surface area (Å²) in [5, 5.41) is 7.33. The van der Waals surface area contributed by atoms with Gasteiger partial charge in [-0.3, -0.25) is 0 Å². The van der Waals surface area contributed by atoms with Gasteiger partial charge in [-0.25, -0.2) is 0 Å². The zero-order valence-corrected chi connectivity index (χ0v) is 34.1. The van der Waals surface area contributed by atoms with Gasteiger partial charge in [-0.2, -0.15) is 0 Å². The molecule has 11 aromatic rings. The van der Waals surface area contributed by atoms with Crippen LogP contribution in [-0.2, 0) is 5.41 Å². The first kappa shape index (κ1) is 35.9. The summed E-state index contributed by atoms with van der Waals surface area (Å²) in [6.07, 6.45) is 0. The number of benzene rings is 11. The van der Waals surface area contributed by atoms with E-state index in [9.17, 15) is 0 Å². The van der Waals surface area contributed by atoms with Crippen molar-refractivity contribution in [3.63, 3.8) is 0 Å². The van der Waals surface area contributed by atoms with E-state index in [0.717, 1.165) is 17.1 Å². The van der Waals surface area contributed by atoms with Crippen molar-refractivity contribution in [2.45, 2.75) is 5.41 Å². The van der Waals surface area contributed by atoms with Crippen LogP contribution in [0.1, 0.15) is 22.3 Å². The topological polar surface area (TPSA) is 3.24 Å². The molecule has 0 atom stereocenters. The van der Waals surface area contributed by atoms with E-state index in [0.29, 0.717) is 0 Å². The standard InChI is InChI=1S/C61H41N/c1-3-22-45(23-4-1)61(46-24-5-2-6-25-46)56-34-12-11-28-55(56)60-54(33-16-35-57(60)61)52-30-15-32-53-51(52)31-17-37-59(53)62(58-36-14-21-43-19-8-10-27-50(43)58)47-40-38-44(39-41-47)49-29-13-20-42-18-7-9-26-48(42)49/h1-41H. The minimum absolute atomic E-state index is 0.469. The molecular formula is C61H41N. The molecule has 0 N–H and O–H groups in total. The highest BCUT2D eigenvalue weighted by atomic mass is 15.1. The van der Waals surface area contributed by atoms with Crippen LogP contribution in [0.4, 0.5) is 17.1 Å². The van der Waals surface area contributed by atoms with Crippen molar-refractivity contribution in [1.82, 2.24) is 0 Å². The maximum Gasteiger partial charge on any atom is 0.0713 e. The lowest BCUT2D eigenvalue weighted by atomic mass is 9.67. The summed E-state index contributed by atoms with van der Waals surface area (Å²) in [4.78, 5) is 2.46. The molecule has 0 heterocycles. The van der Waals surface area contributed by atoms with E-state index in [1.807, 2.05) is 0 Å². The van der Waals surface area contributed by atoms with E-state index in [1.165, 1.54) is 88.0 Å². The number of rotatable bonds is 7. The maximum atomic E-state index is 2.46. The van der Waals surface area contributed by atoms with Gasteiger partial charge >= 0.3 is 0 Å². The molecule has 0 bridgehead atoms. The second kappa shape index (κ2) is 14.6. The average molecular weight is 788 g/mol. The van der Waals surface area contributed by atoms with Crippen molar-refractivity contribution in [2.75, 3.05) is 4.90 Å². The Kier molecular flexibility index (Phi) is 8.47. The lowest BCUT2D eigenvalue weighted by Crippen LogP contribution is -2.28. The first-order valence-electron chi connectivity index (χ1n) is 21.5. The predicted molar refractivity (Wildman–Crippen MR) is 262 cm³/mol. The van der Waals surface area contributed by atoms with Crippen LogP contribution >= 0.6 is 0 Å². The van der Waals surface area contributed by atoms with E-state index in [4.69, 9.17) is 0 Å². The monoisotopic (exact) mass is 787 g/mol. The molecule has 0 saturated heterocycles. The maximum absolute atomic E-state index is 2.46. The molecule has 0 spiro atoms. The van der Waals surface area contributed by atoms with Crippen LogP contribution in [-0.4, -0.2) is 0 Å². The van der Waals surface area contributed by atoms with Gasteiger partial charge < -0.3 is 4.90 Å². The van der Waals surface area contributed by atoms with Crippen molar-refractivity contribution >= 4 is 49.4 Å². The number of hydrogen-bond donors (Lipinski definition) is 0. The van der Waals surface area contributed by atoms with E-state index in [-0.39, 0.29) is 0 Å². The normalized spacial score (nSPS) is 12.6. The Morgan fingerprint density at radius 2 is 0.742 bits per heavy atom. The summed E-state index contributed by atoms with van der Waals surface area (Å²) < 4.78 is 0. The van der Waals surface area contributed by atoms with E-state index < -0.39 is 5.41 Å². The van der Waals surface area contributed by atoms with Gasteiger partial charge in [0.05, 0.1) is 16.8 Å². The highest BCUT2D eigenvalue weighted by molar-refractivity contribution is 6.10. The van der Waals surface area contributed by atoms with Crippen molar-refractivity contribution in [1.29, 1.82) is 0 Å². The third-order valence-electron chi connectivity index (χ3n) is 13.1. The van der Waals surface area contributed by atoms with Crippen LogP contribution in [0.25, 0.3) is 65.7 Å². The van der Waals surface area contributed by atoms with Gasteiger partial charge in [0.15, 0.2) is 0 Å². The summed E-state index contributed by atoms with van der Waals surface area (Å²) in [6, 6.07) is 91.6. The Morgan fingerprint density at radius 1 is 0.274 bits per heavy atom. The fourth-order valence-corrected chi connectivity index (χ4v) is 10.5. The number of anilines is 3. The van der Waals surface area contributed by atoms with Crippen LogP contribution in [0, 0.1) is 0 Å². The van der Waals surface area contributed by atoms with Gasteiger partial charge in [-0.1, -0.05) is 224 Å². The highest BCUT2D eigenvalue weighted by Crippen LogP contribution is 2.58. The molecule has 0 fully saturated rings. The van der Waals surface area contributed by atoms with Crippen molar-refractivity contribution in [3.8, 4) is 33.4 Å². The third kappa shape index (κ3) is 5.49. The molecule has 0 unspecified atom stereocenters. The van der Waals surface area contributed by atoms with Gasteiger partial charge in [-0.05, 0) is 101 Å². The molecule has 1 nitrogen and oxygen atoms in total. The minimum atomic E-state index is -0.469. The number of fused-ring (bicyclic) bond motifs is 6. The smallest absolute Gasteiger partial charge is 0.0713 e. The quantitative estimate of drug-likeness (QED) is 0.155. The lowest BCUT2D eigenvalue weighted by Gasteiger charge is -2.34. The molecule has 0 amide bonds. The number of nitrogens with zero attached hydrogens (tertiary/aromatic N) is 1. The Bertz CT molecular complexity index is 3410. The summed E-state index contributed by atoms with van der Waals surface area (Å²) in [5.74, 6) is 0. The van der Waals surface area contributed by atoms with Crippen LogP contribution in [0.15, 0.2) is 249 Å². The molecule has 11 aromatic carbocycles. The van der Waals surface area contributed by atoms with E-state index in [2.05, 4.69) is 254 Å². The second-order valence-electron chi connectivity index (χ2n) is 16.3. The lowest BCUT2D eigenvalue weighted by molar-refractivity contribution is 0.768. The second-order valence-corrected chi connectivity index (χ2v) is 16.3. The minimum Gasteiger partial charge on any atom is -0.309 e. The molecule has 12 rings (SSSR count). The fourth-order valence-electron chi connectivity index (χ4n) is 10.5. The molecule has 0 saturated carbocycles. The van der Waals surface area contributed by atoms with Crippen LogP contribution in [0.3, 0.4) is 0 Å². The Morgan fingerprint density at radius 3 is 1.50 bits per heavy atom. The van der Waals surface area contributed by atoms with Gasteiger partial charge in [0.2, 0.25) is 0 Å². The molecule has 1 aliphatic rings. The molecule has 290 valence electrons. The Labute approximate surface area is 362 Å². The summed E-state index contributed by atoms with van der Waals surface area (Å²) >= 11 is 0. The van der Waals surface area contributed by atoms with Crippen LogP contribution < -0.4 is 4.90 Å². The molecule has 0 radical (unpaired) electrons. The molecule has 0 aliphatic heterocycles. The summed E-state index contributed by atoms with van der Waals surface area (Å²) in [6.45, 7) is 0. The Balaban J connectivity index is 1.08. The first-order chi connectivity index (χ1) is 30.8. The molecule has 62 heavy (non-hydrogen) atoms. The average Bonchev–Trinajstić information content (AvgIpc) is 3.66. The SMILES string of the molecule is c1ccc(C2(c3ccccc3)c3ccccc3-c3c(-c4cccc5c(N(c6ccc(-c7cccc8ccccc78)cc6)c6cccc7ccccc67)cccc45)cccc32)cc1. The molecule has 1 heteroatoms. The van der Waals surface area contributed by atoms with Gasteiger partial charge in [0.1, 0.15) is 0 Å². The van der Waals surface area contributed by atoms with E-state index in [1.54, 1.807) is 0 Å². The Hall–Kier alpha value is -8.00. The molecule has 1 aliphatic carbocycles. The van der Waals surface area contributed by atoms with Crippen LogP contribution in [0.5, 0.6) is 0 Å². The highest BCUT2D eigenvalue weighted by Gasteiger charge is 2.46. The molecule has 0 aromatic heterocycles. The van der Waals surface area contributed by atoms with Gasteiger partial charge in [-0.15, -0.1) is 0 Å². The molecular weight excluding hydrogens is 747 g/mol. The number of hydrogen-bond acceptors (Lipinski definition) is 1. The zero-order valence-electron chi connectivity index (χ0n) is 34.1.